The smallest absolute Gasteiger partial charge is 0.251 e. The second-order valence-electron chi connectivity index (χ2n) is 9.99. The molecule has 1 amide bonds. The average Bonchev–Trinajstić information content (AvgIpc) is 3.42. The highest BCUT2D eigenvalue weighted by Gasteiger charge is 2.27. The van der Waals surface area contributed by atoms with Crippen LogP contribution in [0.3, 0.4) is 0 Å². The first-order valence-electron chi connectivity index (χ1n) is 13.0. The average molecular weight is 492 g/mol. The molecule has 8 heteroatoms. The Bertz CT molecular complexity index is 1120. The van der Waals surface area contributed by atoms with E-state index in [2.05, 4.69) is 21.2 Å². The number of rotatable bonds is 6. The molecule has 3 aliphatic heterocycles. The van der Waals surface area contributed by atoms with Crippen molar-refractivity contribution in [1.82, 2.24) is 10.2 Å². The number of fused-ring (bicyclic) bond motifs is 2. The van der Waals surface area contributed by atoms with E-state index < -0.39 is 0 Å². The molecule has 3 heterocycles. The lowest BCUT2D eigenvalue weighted by Crippen LogP contribution is -2.47. The van der Waals surface area contributed by atoms with E-state index in [-0.39, 0.29) is 11.9 Å². The predicted molar refractivity (Wildman–Crippen MR) is 136 cm³/mol. The van der Waals surface area contributed by atoms with E-state index in [1.165, 1.54) is 31.8 Å². The van der Waals surface area contributed by atoms with Crippen molar-refractivity contribution in [3.05, 3.63) is 54.5 Å². The molecule has 1 N–H and O–H groups in total. The molecule has 6 rings (SSSR count). The zero-order valence-electron chi connectivity index (χ0n) is 20.5. The van der Waals surface area contributed by atoms with Gasteiger partial charge in [-0.1, -0.05) is 6.07 Å². The van der Waals surface area contributed by atoms with Gasteiger partial charge in [-0.15, -0.1) is 0 Å². The lowest BCUT2D eigenvalue weighted by molar-refractivity contribution is 0.0919. The topological polar surface area (TPSA) is 72.5 Å². The largest absolute Gasteiger partial charge is 0.458 e. The van der Waals surface area contributed by atoms with Crippen LogP contribution in [0.4, 0.5) is 5.69 Å². The number of carbonyl (C=O) groups excluding carboxylic acids is 1. The Morgan fingerprint density at radius 2 is 1.69 bits per heavy atom. The molecular weight excluding hydrogens is 458 g/mol. The van der Waals surface area contributed by atoms with Gasteiger partial charge in [0.15, 0.2) is 23.0 Å². The summed E-state index contributed by atoms with van der Waals surface area (Å²) in [5, 5.41) is 3.22. The highest BCUT2D eigenvalue weighted by Crippen LogP contribution is 2.41. The van der Waals surface area contributed by atoms with Gasteiger partial charge in [0.1, 0.15) is 12.5 Å². The lowest BCUT2D eigenvalue weighted by Gasteiger charge is -2.37. The molecule has 0 aromatic heterocycles. The minimum atomic E-state index is -0.0432. The highest BCUT2D eigenvalue weighted by atomic mass is 16.7. The summed E-state index contributed by atoms with van der Waals surface area (Å²) in [5.41, 5.74) is 1.76. The standard InChI is InChI=1S/C28H33N3O5/c32-28(21-6-9-24-26(18-21)34-17-16-33-24)29-22-7-4-20(5-8-22)10-11-30-12-14-31(15-13-30)23-2-1-3-25-27(23)36-19-35-25/h1-3,6,9,16-18,20,22H,4-5,7-8,10-15,19H2,(H,29,32). The van der Waals surface area contributed by atoms with Gasteiger partial charge < -0.3 is 29.2 Å². The predicted octanol–water partition coefficient (Wildman–Crippen LogP) is 4.16. The molecule has 8 nitrogen and oxygen atoms in total. The molecule has 0 spiro atoms. The maximum Gasteiger partial charge on any atom is 0.251 e. The number of ether oxygens (including phenoxy) is 4. The van der Waals surface area contributed by atoms with Crippen LogP contribution in [0.5, 0.6) is 23.0 Å². The van der Waals surface area contributed by atoms with Crippen molar-refractivity contribution in [1.29, 1.82) is 0 Å². The van der Waals surface area contributed by atoms with Crippen molar-refractivity contribution < 1.29 is 23.7 Å². The second kappa shape index (κ2) is 10.3. The van der Waals surface area contributed by atoms with Crippen LogP contribution in [-0.2, 0) is 0 Å². The maximum absolute atomic E-state index is 12.8. The summed E-state index contributed by atoms with van der Waals surface area (Å²) in [4.78, 5) is 17.8. The van der Waals surface area contributed by atoms with Crippen molar-refractivity contribution in [3.63, 3.8) is 0 Å². The molecule has 0 bridgehead atoms. The number of amides is 1. The van der Waals surface area contributed by atoms with Crippen LogP contribution < -0.4 is 29.2 Å². The highest BCUT2D eigenvalue weighted by molar-refractivity contribution is 5.95. The number of benzene rings is 2. The van der Waals surface area contributed by atoms with Crippen molar-refractivity contribution in [2.24, 2.45) is 5.92 Å². The number of hydrogen-bond acceptors (Lipinski definition) is 7. The number of carbonyl (C=O) groups is 1. The fraction of sp³-hybridized carbons (Fsp3) is 0.464. The molecule has 2 fully saturated rings. The van der Waals surface area contributed by atoms with E-state index in [1.54, 1.807) is 18.2 Å². The van der Waals surface area contributed by atoms with Gasteiger partial charge in [0, 0.05) is 37.8 Å². The quantitative estimate of drug-likeness (QED) is 0.651. The molecule has 4 aliphatic rings. The minimum absolute atomic E-state index is 0.0432. The summed E-state index contributed by atoms with van der Waals surface area (Å²) in [6.07, 6.45) is 8.62. The zero-order chi connectivity index (χ0) is 24.3. The van der Waals surface area contributed by atoms with E-state index in [9.17, 15) is 4.79 Å². The molecule has 36 heavy (non-hydrogen) atoms. The Labute approximate surface area is 211 Å². The zero-order valence-corrected chi connectivity index (χ0v) is 20.5. The Hall–Kier alpha value is -3.39. The first kappa shape index (κ1) is 23.0. The van der Waals surface area contributed by atoms with Crippen molar-refractivity contribution in [2.45, 2.75) is 38.1 Å². The van der Waals surface area contributed by atoms with Gasteiger partial charge >= 0.3 is 0 Å². The Kier molecular flexibility index (Phi) is 6.59. The van der Waals surface area contributed by atoms with Gasteiger partial charge in [0.05, 0.1) is 5.69 Å². The van der Waals surface area contributed by atoms with Gasteiger partial charge in [-0.3, -0.25) is 9.69 Å². The summed E-state index contributed by atoms with van der Waals surface area (Å²) < 4.78 is 22.0. The van der Waals surface area contributed by atoms with Crippen LogP contribution in [0.25, 0.3) is 0 Å². The fourth-order valence-corrected chi connectivity index (χ4v) is 5.65. The number of para-hydroxylation sites is 1. The summed E-state index contributed by atoms with van der Waals surface area (Å²) in [6.45, 7) is 5.62. The second-order valence-corrected chi connectivity index (χ2v) is 9.99. The van der Waals surface area contributed by atoms with Crippen LogP contribution in [-0.4, -0.2) is 56.4 Å². The SMILES string of the molecule is O=C(NC1CCC(CCN2CCN(c3cccc4c3OCO4)CC2)CC1)c1ccc2c(c1)OC=CO2. The van der Waals surface area contributed by atoms with Crippen molar-refractivity contribution in [3.8, 4) is 23.0 Å². The Morgan fingerprint density at radius 3 is 2.53 bits per heavy atom. The molecule has 1 saturated heterocycles. The normalized spacial score (nSPS) is 22.9. The van der Waals surface area contributed by atoms with E-state index in [4.69, 9.17) is 18.9 Å². The molecule has 2 aromatic carbocycles. The Morgan fingerprint density at radius 1 is 0.889 bits per heavy atom. The first-order valence-corrected chi connectivity index (χ1v) is 13.0. The van der Waals surface area contributed by atoms with Gasteiger partial charge in [-0.05, 0) is 74.9 Å². The molecule has 0 radical (unpaired) electrons. The van der Waals surface area contributed by atoms with Crippen LogP contribution in [0.15, 0.2) is 48.9 Å². The summed E-state index contributed by atoms with van der Waals surface area (Å²) in [7, 11) is 0. The van der Waals surface area contributed by atoms with Crippen molar-refractivity contribution in [2.75, 3.05) is 44.4 Å². The third-order valence-electron chi connectivity index (χ3n) is 7.78. The third-order valence-corrected chi connectivity index (χ3v) is 7.78. The summed E-state index contributed by atoms with van der Waals surface area (Å²) in [5.74, 6) is 3.64. The minimum Gasteiger partial charge on any atom is -0.458 e. The van der Waals surface area contributed by atoms with Crippen LogP contribution >= 0.6 is 0 Å². The fourth-order valence-electron chi connectivity index (χ4n) is 5.65. The van der Waals surface area contributed by atoms with E-state index >= 15 is 0 Å². The van der Waals surface area contributed by atoms with E-state index in [0.717, 1.165) is 68.7 Å². The van der Waals surface area contributed by atoms with Gasteiger partial charge in [0.25, 0.3) is 5.91 Å². The Balaban J connectivity index is 0.919. The summed E-state index contributed by atoms with van der Waals surface area (Å²) >= 11 is 0. The maximum atomic E-state index is 12.8. The van der Waals surface area contributed by atoms with Gasteiger partial charge in [-0.2, -0.15) is 0 Å². The molecule has 0 atom stereocenters. The molecule has 190 valence electrons. The monoisotopic (exact) mass is 491 g/mol. The first-order chi connectivity index (χ1) is 17.7. The third kappa shape index (κ3) is 4.95. The van der Waals surface area contributed by atoms with Crippen LogP contribution in [0.1, 0.15) is 42.5 Å². The number of hydrogen-bond donors (Lipinski definition) is 1. The van der Waals surface area contributed by atoms with Crippen LogP contribution in [0.2, 0.25) is 0 Å². The van der Waals surface area contributed by atoms with E-state index in [0.29, 0.717) is 23.9 Å². The van der Waals surface area contributed by atoms with Crippen molar-refractivity contribution >= 4 is 11.6 Å². The van der Waals surface area contributed by atoms with Gasteiger partial charge in [-0.25, -0.2) is 0 Å². The number of anilines is 1. The lowest BCUT2D eigenvalue weighted by atomic mass is 9.84. The molecule has 1 aliphatic carbocycles. The number of nitrogens with zero attached hydrogens (tertiary/aromatic N) is 2. The van der Waals surface area contributed by atoms with Gasteiger partial charge in [0.2, 0.25) is 6.79 Å². The van der Waals surface area contributed by atoms with E-state index in [1.807, 2.05) is 12.1 Å². The number of piperazine rings is 1. The summed E-state index contributed by atoms with van der Waals surface area (Å²) in [6, 6.07) is 11.7. The molecule has 2 aromatic rings. The molecule has 1 saturated carbocycles. The number of nitrogens with one attached hydrogen (secondary N) is 1. The molecular formula is C28H33N3O5. The molecule has 0 unspecified atom stereocenters. The van der Waals surface area contributed by atoms with Crippen LogP contribution in [0, 0.1) is 5.92 Å².